The summed E-state index contributed by atoms with van der Waals surface area (Å²) >= 11 is 11.7. The van der Waals surface area contributed by atoms with Crippen LogP contribution in [0.5, 0.6) is 0 Å². The predicted octanol–water partition coefficient (Wildman–Crippen LogP) is 3.92. The van der Waals surface area contributed by atoms with Gasteiger partial charge in [-0.2, -0.15) is 0 Å². The highest BCUT2D eigenvalue weighted by molar-refractivity contribution is 6.30. The number of alkyl halides is 1. The summed E-state index contributed by atoms with van der Waals surface area (Å²) in [5, 5.41) is 0.403. The van der Waals surface area contributed by atoms with Crippen LogP contribution in [-0.4, -0.2) is 9.55 Å². The van der Waals surface area contributed by atoms with Crippen molar-refractivity contribution in [3.8, 4) is 5.69 Å². The first-order chi connectivity index (χ1) is 10.1. The normalized spacial score (nSPS) is 11.0. The molecule has 0 unspecified atom stereocenters. The van der Waals surface area contributed by atoms with Crippen LogP contribution in [0.4, 0.5) is 4.39 Å². The largest absolute Gasteiger partial charge is 0.268 e. The van der Waals surface area contributed by atoms with E-state index in [4.69, 9.17) is 23.2 Å². The van der Waals surface area contributed by atoms with Gasteiger partial charge in [0, 0.05) is 0 Å². The van der Waals surface area contributed by atoms with Crippen molar-refractivity contribution >= 4 is 34.1 Å². The maximum absolute atomic E-state index is 13.3. The zero-order chi connectivity index (χ0) is 15.0. The highest BCUT2D eigenvalue weighted by Gasteiger charge is 2.13. The van der Waals surface area contributed by atoms with E-state index in [0.717, 1.165) is 0 Å². The molecule has 0 fully saturated rings. The van der Waals surface area contributed by atoms with Crippen LogP contribution >= 0.6 is 23.2 Å². The van der Waals surface area contributed by atoms with Crippen molar-refractivity contribution in [1.29, 1.82) is 0 Å². The average molecular weight is 323 g/mol. The molecule has 2 aromatic carbocycles. The Morgan fingerprint density at radius 2 is 1.95 bits per heavy atom. The Bertz CT molecular complexity index is 892. The minimum Gasteiger partial charge on any atom is -0.268 e. The number of halogens is 3. The summed E-state index contributed by atoms with van der Waals surface area (Å²) in [4.78, 5) is 17.0. The standard InChI is InChI=1S/C15H9Cl2FN2O/c16-8-14-19-13-4-2-1-3-10(13)15(21)20(14)9-5-6-12(18)11(17)7-9/h1-7H,8H2. The van der Waals surface area contributed by atoms with Crippen LogP contribution in [0.2, 0.25) is 5.02 Å². The molecule has 0 atom stereocenters. The smallest absolute Gasteiger partial charge is 0.266 e. The fourth-order valence-electron chi connectivity index (χ4n) is 2.16. The number of hydrogen-bond acceptors (Lipinski definition) is 2. The second kappa shape index (κ2) is 5.47. The number of rotatable bonds is 2. The lowest BCUT2D eigenvalue weighted by Gasteiger charge is -2.12. The Balaban J connectivity index is 2.37. The lowest BCUT2D eigenvalue weighted by atomic mass is 10.2. The molecule has 3 nitrogen and oxygen atoms in total. The van der Waals surface area contributed by atoms with E-state index in [0.29, 0.717) is 22.4 Å². The molecule has 0 spiro atoms. The molecule has 0 bridgehead atoms. The second-order valence-electron chi connectivity index (χ2n) is 4.42. The van der Waals surface area contributed by atoms with Crippen LogP contribution in [0.15, 0.2) is 47.3 Å². The summed E-state index contributed by atoms with van der Waals surface area (Å²) in [6.07, 6.45) is 0. The van der Waals surface area contributed by atoms with Crippen molar-refractivity contribution in [3.05, 3.63) is 69.5 Å². The summed E-state index contributed by atoms with van der Waals surface area (Å²) in [5.41, 5.74) is 0.738. The summed E-state index contributed by atoms with van der Waals surface area (Å²) in [7, 11) is 0. The van der Waals surface area contributed by atoms with Gasteiger partial charge >= 0.3 is 0 Å². The summed E-state index contributed by atoms with van der Waals surface area (Å²) in [6.45, 7) is 0. The third-order valence-corrected chi connectivity index (χ3v) is 3.65. The molecule has 0 radical (unpaired) electrons. The van der Waals surface area contributed by atoms with Crippen LogP contribution < -0.4 is 5.56 Å². The van der Waals surface area contributed by atoms with Crippen LogP contribution in [-0.2, 0) is 5.88 Å². The summed E-state index contributed by atoms with van der Waals surface area (Å²) < 4.78 is 14.6. The van der Waals surface area contributed by atoms with Crippen LogP contribution in [0.25, 0.3) is 16.6 Å². The average Bonchev–Trinajstić information content (AvgIpc) is 2.50. The van der Waals surface area contributed by atoms with E-state index in [1.807, 2.05) is 0 Å². The first-order valence-electron chi connectivity index (χ1n) is 6.14. The monoisotopic (exact) mass is 322 g/mol. The Hall–Kier alpha value is -1.91. The van der Waals surface area contributed by atoms with Gasteiger partial charge in [0.1, 0.15) is 11.6 Å². The molecule has 0 saturated heterocycles. The van der Waals surface area contributed by atoms with Gasteiger partial charge in [-0.15, -0.1) is 11.6 Å². The molecule has 0 N–H and O–H groups in total. The van der Waals surface area contributed by atoms with E-state index in [2.05, 4.69) is 4.98 Å². The molecular formula is C15H9Cl2FN2O. The first-order valence-corrected chi connectivity index (χ1v) is 7.05. The van der Waals surface area contributed by atoms with Crippen molar-refractivity contribution in [3.63, 3.8) is 0 Å². The third kappa shape index (κ3) is 2.41. The summed E-state index contributed by atoms with van der Waals surface area (Å²) in [5.74, 6) is -0.118. The van der Waals surface area contributed by atoms with E-state index in [9.17, 15) is 9.18 Å². The van der Waals surface area contributed by atoms with Gasteiger partial charge in [-0.3, -0.25) is 9.36 Å². The van der Waals surface area contributed by atoms with E-state index < -0.39 is 5.82 Å². The molecule has 0 aliphatic carbocycles. The van der Waals surface area contributed by atoms with Gasteiger partial charge in [0.2, 0.25) is 0 Å². The van der Waals surface area contributed by atoms with Crippen LogP contribution in [0.1, 0.15) is 5.82 Å². The molecule has 3 aromatic rings. The zero-order valence-electron chi connectivity index (χ0n) is 10.7. The Kier molecular flexibility index (Phi) is 3.66. The number of benzene rings is 2. The minimum atomic E-state index is -0.547. The molecule has 0 amide bonds. The van der Waals surface area contributed by atoms with Crippen LogP contribution in [0, 0.1) is 5.82 Å². The number of hydrogen-bond donors (Lipinski definition) is 0. The summed E-state index contributed by atoms with van der Waals surface area (Å²) in [6, 6.07) is 11.0. The van der Waals surface area contributed by atoms with E-state index in [-0.39, 0.29) is 16.5 Å². The lowest BCUT2D eigenvalue weighted by Crippen LogP contribution is -2.23. The molecule has 1 heterocycles. The first kappa shape index (κ1) is 14.0. The topological polar surface area (TPSA) is 34.9 Å². The quantitative estimate of drug-likeness (QED) is 0.670. The highest BCUT2D eigenvalue weighted by Crippen LogP contribution is 2.20. The van der Waals surface area contributed by atoms with Gasteiger partial charge in [0.05, 0.1) is 27.5 Å². The number of fused-ring (bicyclic) bond motifs is 1. The maximum atomic E-state index is 13.3. The van der Waals surface area contributed by atoms with E-state index in [1.54, 1.807) is 24.3 Å². The van der Waals surface area contributed by atoms with Crippen molar-refractivity contribution in [2.24, 2.45) is 0 Å². The minimum absolute atomic E-state index is 0.0507. The molecule has 6 heteroatoms. The fraction of sp³-hybridized carbons (Fsp3) is 0.0667. The second-order valence-corrected chi connectivity index (χ2v) is 5.09. The SMILES string of the molecule is O=c1c2ccccc2nc(CCl)n1-c1ccc(F)c(Cl)c1. The van der Waals surface area contributed by atoms with E-state index >= 15 is 0 Å². The van der Waals surface area contributed by atoms with Gasteiger partial charge in [0.15, 0.2) is 0 Å². The van der Waals surface area contributed by atoms with Gasteiger partial charge < -0.3 is 0 Å². The van der Waals surface area contributed by atoms with Crippen molar-refractivity contribution < 1.29 is 4.39 Å². The van der Waals surface area contributed by atoms with Gasteiger partial charge in [-0.25, -0.2) is 9.37 Å². The molecule has 1 aromatic heterocycles. The van der Waals surface area contributed by atoms with E-state index in [1.165, 1.54) is 22.8 Å². The molecule has 106 valence electrons. The lowest BCUT2D eigenvalue weighted by molar-refractivity contribution is 0.627. The molecule has 0 aliphatic heterocycles. The molecule has 0 saturated carbocycles. The number of aromatic nitrogens is 2. The molecular weight excluding hydrogens is 314 g/mol. The van der Waals surface area contributed by atoms with Crippen molar-refractivity contribution in [2.75, 3.05) is 0 Å². The van der Waals surface area contributed by atoms with Crippen molar-refractivity contribution in [2.45, 2.75) is 5.88 Å². The van der Waals surface area contributed by atoms with Gasteiger partial charge in [0.25, 0.3) is 5.56 Å². The Labute approximate surface area is 129 Å². The highest BCUT2D eigenvalue weighted by atomic mass is 35.5. The van der Waals surface area contributed by atoms with Crippen LogP contribution in [0.3, 0.4) is 0 Å². The Morgan fingerprint density at radius 1 is 1.19 bits per heavy atom. The molecule has 21 heavy (non-hydrogen) atoms. The van der Waals surface area contributed by atoms with Gasteiger partial charge in [-0.1, -0.05) is 23.7 Å². The molecule has 0 aliphatic rings. The van der Waals surface area contributed by atoms with Crippen molar-refractivity contribution in [1.82, 2.24) is 9.55 Å². The fourth-order valence-corrected chi connectivity index (χ4v) is 2.51. The van der Waals surface area contributed by atoms with Gasteiger partial charge in [-0.05, 0) is 30.3 Å². The third-order valence-electron chi connectivity index (χ3n) is 3.13. The Morgan fingerprint density at radius 3 is 2.67 bits per heavy atom. The maximum Gasteiger partial charge on any atom is 0.266 e. The number of nitrogens with zero attached hydrogens (tertiary/aromatic N) is 2. The molecule has 3 rings (SSSR count). The zero-order valence-corrected chi connectivity index (χ0v) is 12.2. The number of para-hydroxylation sites is 1. The predicted molar refractivity (Wildman–Crippen MR) is 81.9 cm³/mol.